The number of benzene rings is 2. The zero-order valence-corrected chi connectivity index (χ0v) is 15.7. The number of anilines is 1. The summed E-state index contributed by atoms with van der Waals surface area (Å²) in [6.07, 6.45) is 1.69. The number of nitro groups is 1. The molecular weight excluding hydrogens is 391 g/mol. The lowest BCUT2D eigenvalue weighted by molar-refractivity contribution is -0.385. The summed E-state index contributed by atoms with van der Waals surface area (Å²) < 4.78 is 1.61. The third-order valence-corrected chi connectivity index (χ3v) is 4.48. The fourth-order valence-electron chi connectivity index (χ4n) is 2.48. The first-order valence-electron chi connectivity index (χ1n) is 7.87. The molecule has 1 aromatic heterocycles. The van der Waals surface area contributed by atoms with Gasteiger partial charge in [0.2, 0.25) is 0 Å². The molecule has 0 radical (unpaired) electrons. The Kier molecular flexibility index (Phi) is 5.43. The molecule has 9 heteroatoms. The van der Waals surface area contributed by atoms with Gasteiger partial charge in [-0.25, -0.2) is 0 Å². The number of halogens is 2. The van der Waals surface area contributed by atoms with Crippen LogP contribution in [0.5, 0.6) is 0 Å². The Morgan fingerprint density at radius 2 is 2.00 bits per heavy atom. The number of carbonyl (C=O) groups excluding carboxylic acids is 1. The SMILES string of the molecule is Cc1ccc(C(=O)Nc2ccn(Cc3ccc(Cl)cc3Cl)n2)cc1[N+](=O)[O-]. The summed E-state index contributed by atoms with van der Waals surface area (Å²) in [5.74, 6) is -0.152. The van der Waals surface area contributed by atoms with Crippen LogP contribution in [-0.4, -0.2) is 20.6 Å². The highest BCUT2D eigenvalue weighted by atomic mass is 35.5. The molecule has 7 nitrogen and oxygen atoms in total. The molecule has 1 heterocycles. The number of aryl methyl sites for hydroxylation is 1. The smallest absolute Gasteiger partial charge is 0.273 e. The maximum Gasteiger partial charge on any atom is 0.273 e. The van der Waals surface area contributed by atoms with Crippen molar-refractivity contribution in [3.05, 3.63) is 85.5 Å². The average molecular weight is 405 g/mol. The van der Waals surface area contributed by atoms with E-state index in [1.807, 2.05) is 0 Å². The van der Waals surface area contributed by atoms with E-state index >= 15 is 0 Å². The van der Waals surface area contributed by atoms with Gasteiger partial charge in [0.15, 0.2) is 5.82 Å². The van der Waals surface area contributed by atoms with Crippen molar-refractivity contribution in [2.75, 3.05) is 5.32 Å². The van der Waals surface area contributed by atoms with E-state index in [0.29, 0.717) is 28.0 Å². The molecule has 0 atom stereocenters. The second-order valence-electron chi connectivity index (χ2n) is 5.85. The second-order valence-corrected chi connectivity index (χ2v) is 6.69. The molecule has 0 aliphatic carbocycles. The highest BCUT2D eigenvalue weighted by molar-refractivity contribution is 6.35. The van der Waals surface area contributed by atoms with Crippen molar-refractivity contribution in [1.29, 1.82) is 0 Å². The van der Waals surface area contributed by atoms with Crippen molar-refractivity contribution in [3.8, 4) is 0 Å². The summed E-state index contributed by atoms with van der Waals surface area (Å²) in [7, 11) is 0. The topological polar surface area (TPSA) is 90.1 Å². The van der Waals surface area contributed by atoms with Crippen molar-refractivity contribution in [2.45, 2.75) is 13.5 Å². The van der Waals surface area contributed by atoms with Gasteiger partial charge in [-0.2, -0.15) is 5.10 Å². The van der Waals surface area contributed by atoms with Crippen LogP contribution in [0.3, 0.4) is 0 Å². The summed E-state index contributed by atoms with van der Waals surface area (Å²) >= 11 is 12.0. The molecule has 1 amide bonds. The molecule has 1 N–H and O–H groups in total. The molecule has 0 spiro atoms. The summed E-state index contributed by atoms with van der Waals surface area (Å²) in [5, 5.41) is 19.0. The molecule has 27 heavy (non-hydrogen) atoms. The Morgan fingerprint density at radius 3 is 2.70 bits per heavy atom. The monoisotopic (exact) mass is 404 g/mol. The molecule has 2 aromatic carbocycles. The lowest BCUT2D eigenvalue weighted by atomic mass is 10.1. The fraction of sp³-hybridized carbons (Fsp3) is 0.111. The predicted molar refractivity (Wildman–Crippen MR) is 104 cm³/mol. The third-order valence-electron chi connectivity index (χ3n) is 3.90. The van der Waals surface area contributed by atoms with Crippen LogP contribution < -0.4 is 5.32 Å². The van der Waals surface area contributed by atoms with Gasteiger partial charge >= 0.3 is 0 Å². The van der Waals surface area contributed by atoms with Crippen LogP contribution in [0, 0.1) is 17.0 Å². The molecule has 0 aliphatic rings. The Balaban J connectivity index is 1.73. The first-order valence-corrected chi connectivity index (χ1v) is 8.63. The van der Waals surface area contributed by atoms with Gasteiger partial charge in [-0.05, 0) is 30.7 Å². The van der Waals surface area contributed by atoms with E-state index in [4.69, 9.17) is 23.2 Å². The maximum absolute atomic E-state index is 12.3. The van der Waals surface area contributed by atoms with Gasteiger partial charge in [0, 0.05) is 39.5 Å². The molecule has 3 rings (SSSR count). The van der Waals surface area contributed by atoms with Crippen LogP contribution in [0.15, 0.2) is 48.7 Å². The Labute approximate surface area is 164 Å². The standard InChI is InChI=1S/C18H14Cl2N4O3/c1-11-2-3-12(8-16(11)24(26)27)18(25)21-17-6-7-23(22-17)10-13-4-5-14(19)9-15(13)20/h2-9H,10H2,1H3,(H,21,22,25). The molecule has 0 fully saturated rings. The van der Waals surface area contributed by atoms with E-state index in [1.54, 1.807) is 42.1 Å². The van der Waals surface area contributed by atoms with E-state index in [0.717, 1.165) is 5.56 Å². The molecule has 0 aliphatic heterocycles. The predicted octanol–water partition coefficient (Wildman–Crippen LogP) is 4.71. The molecular formula is C18H14Cl2N4O3. The zero-order valence-electron chi connectivity index (χ0n) is 14.1. The highest BCUT2D eigenvalue weighted by Crippen LogP contribution is 2.22. The molecule has 3 aromatic rings. The number of hydrogen-bond acceptors (Lipinski definition) is 4. The van der Waals surface area contributed by atoms with Crippen molar-refractivity contribution in [2.24, 2.45) is 0 Å². The number of rotatable bonds is 5. The molecule has 0 bridgehead atoms. The van der Waals surface area contributed by atoms with Crippen LogP contribution >= 0.6 is 23.2 Å². The highest BCUT2D eigenvalue weighted by Gasteiger charge is 2.16. The summed E-state index contributed by atoms with van der Waals surface area (Å²) in [4.78, 5) is 22.8. The minimum absolute atomic E-state index is 0.106. The average Bonchev–Trinajstić information content (AvgIpc) is 3.04. The summed E-state index contributed by atoms with van der Waals surface area (Å²) in [6.45, 7) is 2.02. The van der Waals surface area contributed by atoms with Gasteiger partial charge in [-0.3, -0.25) is 19.6 Å². The van der Waals surface area contributed by atoms with E-state index < -0.39 is 10.8 Å². The van der Waals surface area contributed by atoms with Crippen LogP contribution in [0.2, 0.25) is 10.0 Å². The number of carbonyl (C=O) groups is 1. The van der Waals surface area contributed by atoms with E-state index in [2.05, 4.69) is 10.4 Å². The Bertz CT molecular complexity index is 1030. The lowest BCUT2D eigenvalue weighted by Gasteiger charge is -2.06. The Morgan fingerprint density at radius 1 is 1.22 bits per heavy atom. The van der Waals surface area contributed by atoms with Crippen molar-refractivity contribution in [3.63, 3.8) is 0 Å². The second kappa shape index (κ2) is 7.77. The van der Waals surface area contributed by atoms with Crippen molar-refractivity contribution in [1.82, 2.24) is 9.78 Å². The van der Waals surface area contributed by atoms with E-state index in [1.165, 1.54) is 18.2 Å². The summed E-state index contributed by atoms with van der Waals surface area (Å²) in [5.41, 5.74) is 1.39. The van der Waals surface area contributed by atoms with Crippen LogP contribution in [-0.2, 0) is 6.54 Å². The summed E-state index contributed by atoms with van der Waals surface area (Å²) in [6, 6.07) is 11.1. The first-order chi connectivity index (χ1) is 12.8. The number of nitrogens with one attached hydrogen (secondary N) is 1. The first kappa shape index (κ1) is 18.9. The zero-order chi connectivity index (χ0) is 19.6. The number of nitro benzene ring substituents is 1. The van der Waals surface area contributed by atoms with Crippen LogP contribution in [0.4, 0.5) is 11.5 Å². The van der Waals surface area contributed by atoms with Gasteiger partial charge in [0.1, 0.15) is 0 Å². The molecule has 0 saturated carbocycles. The number of hydrogen-bond donors (Lipinski definition) is 1. The van der Waals surface area contributed by atoms with Gasteiger partial charge < -0.3 is 5.32 Å². The van der Waals surface area contributed by atoms with Gasteiger partial charge in [0.05, 0.1) is 11.5 Å². The molecule has 0 saturated heterocycles. The minimum Gasteiger partial charge on any atom is -0.305 e. The Hall–Kier alpha value is -2.90. The fourth-order valence-corrected chi connectivity index (χ4v) is 2.94. The van der Waals surface area contributed by atoms with Crippen molar-refractivity contribution >= 4 is 40.6 Å². The lowest BCUT2D eigenvalue weighted by Crippen LogP contribution is -2.13. The van der Waals surface area contributed by atoms with Gasteiger partial charge in [0.25, 0.3) is 11.6 Å². The number of nitrogens with zero attached hydrogens (tertiary/aromatic N) is 3. The van der Waals surface area contributed by atoms with E-state index in [-0.39, 0.29) is 11.3 Å². The van der Waals surface area contributed by atoms with E-state index in [9.17, 15) is 14.9 Å². The van der Waals surface area contributed by atoms with Gasteiger partial charge in [-0.15, -0.1) is 0 Å². The normalized spacial score (nSPS) is 10.6. The largest absolute Gasteiger partial charge is 0.305 e. The van der Waals surface area contributed by atoms with Crippen LogP contribution in [0.25, 0.3) is 0 Å². The third kappa shape index (κ3) is 4.45. The molecule has 138 valence electrons. The quantitative estimate of drug-likeness (QED) is 0.492. The molecule has 0 unspecified atom stereocenters. The maximum atomic E-state index is 12.3. The van der Waals surface area contributed by atoms with Gasteiger partial charge in [-0.1, -0.05) is 35.3 Å². The number of aromatic nitrogens is 2. The van der Waals surface area contributed by atoms with Crippen molar-refractivity contribution < 1.29 is 9.72 Å². The van der Waals surface area contributed by atoms with Crippen LogP contribution in [0.1, 0.15) is 21.5 Å². The number of amides is 1. The minimum atomic E-state index is -0.517.